The zero-order valence-electron chi connectivity index (χ0n) is 20.5. The molecule has 0 saturated carbocycles. The summed E-state index contributed by atoms with van der Waals surface area (Å²) in [5, 5.41) is 5.61. The van der Waals surface area contributed by atoms with Gasteiger partial charge in [-0.15, -0.1) is 0 Å². The van der Waals surface area contributed by atoms with Crippen molar-refractivity contribution < 1.29 is 23.5 Å². The Hall–Kier alpha value is -3.91. The predicted molar refractivity (Wildman–Crippen MR) is 136 cm³/mol. The highest BCUT2D eigenvalue weighted by Crippen LogP contribution is 2.31. The van der Waals surface area contributed by atoms with E-state index in [1.165, 1.54) is 17.2 Å². The van der Waals surface area contributed by atoms with Gasteiger partial charge in [0, 0.05) is 18.8 Å². The van der Waals surface area contributed by atoms with E-state index < -0.39 is 17.9 Å². The molecule has 0 aliphatic carbocycles. The predicted octanol–water partition coefficient (Wildman–Crippen LogP) is 3.70. The highest BCUT2D eigenvalue weighted by atomic mass is 16.5. The molecule has 0 radical (unpaired) electrons. The maximum Gasteiger partial charge on any atom is 0.287 e. The van der Waals surface area contributed by atoms with Crippen LogP contribution in [0, 0.1) is 13.8 Å². The number of nitrogens with zero attached hydrogens (tertiary/aromatic N) is 1. The maximum atomic E-state index is 13.7. The molecule has 1 saturated heterocycles. The molecule has 0 bridgehead atoms. The van der Waals surface area contributed by atoms with Crippen LogP contribution in [0.5, 0.6) is 0 Å². The molecule has 36 heavy (non-hydrogen) atoms. The standard InChI is InChI=1S/C28H31N3O5/c1-19-12-13-20(2)23(16-19)31(25(32)18-30-27(33)24-11-7-15-36-24)26(21-8-4-3-5-9-21)28(34)29-17-22-10-6-14-35-22/h3-5,7-9,11-13,15-16,22,26H,6,10,14,17-18H2,1-2H3,(H,29,34)(H,30,33)/t22-,26-/m0/s1. The SMILES string of the molecule is Cc1ccc(C)c(N(C(=O)CNC(=O)c2ccco2)[C@H](C(=O)NC[C@@H]2CCCO2)c2ccccc2)c1. The first-order valence-electron chi connectivity index (χ1n) is 12.1. The molecule has 2 N–H and O–H groups in total. The first kappa shape index (κ1) is 25.2. The van der Waals surface area contributed by atoms with Gasteiger partial charge < -0.3 is 19.8 Å². The Balaban J connectivity index is 1.67. The second kappa shape index (κ2) is 11.7. The number of furan rings is 1. The molecule has 3 amide bonds. The molecule has 1 aliphatic rings. The lowest BCUT2D eigenvalue weighted by Crippen LogP contribution is -2.48. The van der Waals surface area contributed by atoms with Gasteiger partial charge in [0.15, 0.2) is 5.76 Å². The van der Waals surface area contributed by atoms with Crippen LogP contribution in [0.1, 0.15) is 46.1 Å². The molecule has 2 aromatic carbocycles. The van der Waals surface area contributed by atoms with E-state index in [1.807, 2.05) is 62.4 Å². The number of ether oxygens (including phenoxy) is 1. The van der Waals surface area contributed by atoms with Crippen molar-refractivity contribution in [2.45, 2.75) is 38.8 Å². The van der Waals surface area contributed by atoms with Gasteiger partial charge in [-0.1, -0.05) is 42.5 Å². The topological polar surface area (TPSA) is 101 Å². The highest BCUT2D eigenvalue weighted by Gasteiger charge is 2.34. The summed E-state index contributed by atoms with van der Waals surface area (Å²) in [6, 6.07) is 17.1. The molecule has 1 aromatic heterocycles. The minimum atomic E-state index is -0.943. The van der Waals surface area contributed by atoms with Gasteiger partial charge in [0.1, 0.15) is 6.04 Å². The van der Waals surface area contributed by atoms with Crippen LogP contribution in [0.25, 0.3) is 0 Å². The van der Waals surface area contributed by atoms with Gasteiger partial charge in [-0.3, -0.25) is 19.3 Å². The van der Waals surface area contributed by atoms with Crippen LogP contribution in [0.3, 0.4) is 0 Å². The molecule has 1 fully saturated rings. The van der Waals surface area contributed by atoms with Crippen molar-refractivity contribution in [3.63, 3.8) is 0 Å². The Kier molecular flexibility index (Phi) is 8.17. The van der Waals surface area contributed by atoms with E-state index in [0.717, 1.165) is 24.0 Å². The fourth-order valence-electron chi connectivity index (χ4n) is 4.30. The minimum absolute atomic E-state index is 0.0391. The van der Waals surface area contributed by atoms with Gasteiger partial charge >= 0.3 is 0 Å². The van der Waals surface area contributed by atoms with Crippen molar-refractivity contribution in [3.05, 3.63) is 89.4 Å². The first-order valence-corrected chi connectivity index (χ1v) is 12.1. The zero-order chi connectivity index (χ0) is 25.5. The summed E-state index contributed by atoms with van der Waals surface area (Å²) >= 11 is 0. The lowest BCUT2D eigenvalue weighted by Gasteiger charge is -2.33. The number of benzene rings is 2. The molecule has 188 valence electrons. The molecule has 0 unspecified atom stereocenters. The lowest BCUT2D eigenvalue weighted by molar-refractivity contribution is -0.126. The van der Waals surface area contributed by atoms with Crippen molar-refractivity contribution >= 4 is 23.4 Å². The molecule has 8 heteroatoms. The van der Waals surface area contributed by atoms with Gasteiger partial charge in [0.05, 0.1) is 18.9 Å². The van der Waals surface area contributed by atoms with Gasteiger partial charge in [0.25, 0.3) is 5.91 Å². The molecule has 3 aromatic rings. The third kappa shape index (κ3) is 6.01. The van der Waals surface area contributed by atoms with Crippen LogP contribution in [-0.4, -0.2) is 43.5 Å². The van der Waals surface area contributed by atoms with Crippen LogP contribution < -0.4 is 15.5 Å². The van der Waals surface area contributed by atoms with E-state index in [0.29, 0.717) is 24.4 Å². The summed E-state index contributed by atoms with van der Waals surface area (Å²) in [4.78, 5) is 41.3. The van der Waals surface area contributed by atoms with E-state index in [9.17, 15) is 14.4 Å². The maximum absolute atomic E-state index is 13.7. The number of nitrogens with one attached hydrogen (secondary N) is 2. The number of hydrogen-bond acceptors (Lipinski definition) is 5. The molecule has 4 rings (SSSR count). The Bertz CT molecular complexity index is 1190. The van der Waals surface area contributed by atoms with E-state index in [1.54, 1.807) is 6.07 Å². The fourth-order valence-corrected chi connectivity index (χ4v) is 4.30. The third-order valence-electron chi connectivity index (χ3n) is 6.19. The van der Waals surface area contributed by atoms with Gasteiger partial charge in [-0.25, -0.2) is 0 Å². The largest absolute Gasteiger partial charge is 0.459 e. The van der Waals surface area contributed by atoms with E-state index in [-0.39, 0.29) is 24.3 Å². The monoisotopic (exact) mass is 489 g/mol. The average molecular weight is 490 g/mol. The van der Waals surface area contributed by atoms with Crippen molar-refractivity contribution in [3.8, 4) is 0 Å². The Morgan fingerprint density at radius 1 is 1.03 bits per heavy atom. The fraction of sp³-hybridized carbons (Fsp3) is 0.321. The molecular formula is C28H31N3O5. The number of anilines is 1. The highest BCUT2D eigenvalue weighted by molar-refractivity contribution is 6.04. The third-order valence-corrected chi connectivity index (χ3v) is 6.19. The molecule has 0 spiro atoms. The van der Waals surface area contributed by atoms with E-state index >= 15 is 0 Å². The zero-order valence-corrected chi connectivity index (χ0v) is 20.5. The number of aryl methyl sites for hydroxylation is 2. The molecule has 2 atom stereocenters. The lowest BCUT2D eigenvalue weighted by atomic mass is 10.0. The van der Waals surface area contributed by atoms with Gasteiger partial charge in [0.2, 0.25) is 11.8 Å². The van der Waals surface area contributed by atoms with Crippen LogP contribution >= 0.6 is 0 Å². The van der Waals surface area contributed by atoms with E-state index in [2.05, 4.69) is 10.6 Å². The van der Waals surface area contributed by atoms with Gasteiger partial charge in [-0.2, -0.15) is 0 Å². The second-order valence-electron chi connectivity index (χ2n) is 8.91. The normalized spacial score (nSPS) is 15.8. The summed E-state index contributed by atoms with van der Waals surface area (Å²) in [6.45, 7) is 4.56. The quantitative estimate of drug-likeness (QED) is 0.477. The number of rotatable bonds is 9. The summed E-state index contributed by atoms with van der Waals surface area (Å²) in [5.41, 5.74) is 3.04. The van der Waals surface area contributed by atoms with Gasteiger partial charge in [-0.05, 0) is 61.6 Å². The number of carbonyl (C=O) groups excluding carboxylic acids is 3. The summed E-state index contributed by atoms with van der Waals surface area (Å²) in [7, 11) is 0. The summed E-state index contributed by atoms with van der Waals surface area (Å²) in [6.07, 6.45) is 3.20. The Morgan fingerprint density at radius 2 is 1.83 bits per heavy atom. The van der Waals surface area contributed by atoms with E-state index in [4.69, 9.17) is 9.15 Å². The van der Waals surface area contributed by atoms with Crippen molar-refractivity contribution in [1.29, 1.82) is 0 Å². The van der Waals surface area contributed by atoms with Crippen LogP contribution in [-0.2, 0) is 14.3 Å². The number of amides is 3. The molecule has 1 aliphatic heterocycles. The summed E-state index contributed by atoms with van der Waals surface area (Å²) < 4.78 is 10.8. The molecule has 8 nitrogen and oxygen atoms in total. The number of carbonyl (C=O) groups is 3. The van der Waals surface area contributed by atoms with Crippen molar-refractivity contribution in [2.24, 2.45) is 0 Å². The average Bonchev–Trinajstić information content (AvgIpc) is 3.61. The Morgan fingerprint density at radius 3 is 2.53 bits per heavy atom. The molecule has 2 heterocycles. The first-order chi connectivity index (χ1) is 17.4. The Labute approximate surface area is 210 Å². The van der Waals surface area contributed by atoms with Crippen molar-refractivity contribution in [2.75, 3.05) is 24.6 Å². The van der Waals surface area contributed by atoms with Crippen LogP contribution in [0.4, 0.5) is 5.69 Å². The second-order valence-corrected chi connectivity index (χ2v) is 8.91. The smallest absolute Gasteiger partial charge is 0.287 e. The minimum Gasteiger partial charge on any atom is -0.459 e. The van der Waals surface area contributed by atoms with Crippen LogP contribution in [0.2, 0.25) is 0 Å². The van der Waals surface area contributed by atoms with Crippen molar-refractivity contribution in [1.82, 2.24) is 10.6 Å². The van der Waals surface area contributed by atoms with Crippen LogP contribution in [0.15, 0.2) is 71.3 Å². The number of hydrogen-bond donors (Lipinski definition) is 2. The summed E-state index contributed by atoms with van der Waals surface area (Å²) in [5.74, 6) is -1.14. The molecular weight excluding hydrogens is 458 g/mol.